The van der Waals surface area contributed by atoms with Crippen molar-refractivity contribution < 1.29 is 4.79 Å². The molecule has 0 fully saturated rings. The molecular weight excluding hydrogens is 216 g/mol. The van der Waals surface area contributed by atoms with Crippen molar-refractivity contribution in [2.45, 2.75) is 12.5 Å². The van der Waals surface area contributed by atoms with Crippen LogP contribution in [-0.2, 0) is 10.3 Å². The Balaban J connectivity index is 2.54. The molecule has 1 aromatic rings. The van der Waals surface area contributed by atoms with Crippen molar-refractivity contribution in [2.75, 3.05) is 19.3 Å². The first kappa shape index (κ1) is 11.4. The average Bonchev–Trinajstić information content (AvgIpc) is 2.26. The van der Waals surface area contributed by atoms with Gasteiger partial charge in [-0.15, -0.1) is 0 Å². The molecule has 17 heavy (non-hydrogen) atoms. The van der Waals surface area contributed by atoms with Crippen LogP contribution in [0.25, 0.3) is 0 Å². The van der Waals surface area contributed by atoms with Gasteiger partial charge in [0.25, 0.3) is 5.91 Å². The lowest BCUT2D eigenvalue weighted by atomic mass is 9.89. The third-order valence-electron chi connectivity index (χ3n) is 2.98. The molecule has 1 heterocycles. The minimum Gasteiger partial charge on any atom is -0.399 e. The maximum absolute atomic E-state index is 12.2. The Bertz CT molecular complexity index is 497. The van der Waals surface area contributed by atoms with Crippen molar-refractivity contribution in [3.8, 4) is 0 Å². The molecule has 0 radical (unpaired) electrons. The molecule has 1 aliphatic heterocycles. The van der Waals surface area contributed by atoms with Crippen LogP contribution in [0.4, 0.5) is 5.69 Å². The minimum atomic E-state index is -0.966. The normalized spacial score (nSPS) is 24.7. The van der Waals surface area contributed by atoms with Gasteiger partial charge >= 0.3 is 0 Å². The van der Waals surface area contributed by atoms with Crippen molar-refractivity contribution in [3.63, 3.8) is 0 Å². The Hall–Kier alpha value is -2.04. The molecule has 0 spiro atoms. The van der Waals surface area contributed by atoms with E-state index in [9.17, 15) is 4.79 Å². The molecule has 0 aliphatic carbocycles. The van der Waals surface area contributed by atoms with Gasteiger partial charge in [-0.2, -0.15) is 0 Å². The minimum absolute atomic E-state index is 0.0719. The van der Waals surface area contributed by atoms with Gasteiger partial charge in [0.1, 0.15) is 5.84 Å². The Morgan fingerprint density at radius 3 is 2.76 bits per heavy atom. The maximum Gasteiger partial charge on any atom is 0.255 e. The number of hydrogen-bond acceptors (Lipinski definition) is 4. The van der Waals surface area contributed by atoms with Crippen molar-refractivity contribution in [3.05, 3.63) is 29.8 Å². The van der Waals surface area contributed by atoms with E-state index in [1.165, 1.54) is 0 Å². The van der Waals surface area contributed by atoms with Crippen LogP contribution in [0, 0.1) is 0 Å². The highest BCUT2D eigenvalue weighted by molar-refractivity contribution is 5.98. The Labute approximate surface area is 100 Å². The number of aliphatic imine (C=N–C) groups is 1. The first-order valence-corrected chi connectivity index (χ1v) is 5.39. The van der Waals surface area contributed by atoms with E-state index < -0.39 is 5.54 Å². The zero-order valence-corrected chi connectivity index (χ0v) is 9.97. The number of nitrogen functional groups attached to an aromatic ring is 1. The second kappa shape index (κ2) is 3.76. The van der Waals surface area contributed by atoms with Crippen LogP contribution in [0.5, 0.6) is 0 Å². The van der Waals surface area contributed by atoms with Gasteiger partial charge in [-0.3, -0.25) is 4.79 Å². The van der Waals surface area contributed by atoms with E-state index in [0.29, 0.717) is 18.1 Å². The molecule has 0 saturated carbocycles. The molecule has 0 bridgehead atoms. The van der Waals surface area contributed by atoms with E-state index in [1.54, 1.807) is 31.0 Å². The van der Waals surface area contributed by atoms with Gasteiger partial charge in [0.15, 0.2) is 5.54 Å². The van der Waals surface area contributed by atoms with Crippen LogP contribution in [0.2, 0.25) is 0 Å². The van der Waals surface area contributed by atoms with Crippen LogP contribution in [0.15, 0.2) is 29.3 Å². The average molecular weight is 232 g/mol. The quantitative estimate of drug-likeness (QED) is 0.683. The highest BCUT2D eigenvalue weighted by Crippen LogP contribution is 2.30. The Morgan fingerprint density at radius 1 is 1.41 bits per heavy atom. The molecule has 1 atom stereocenters. The Morgan fingerprint density at radius 2 is 2.12 bits per heavy atom. The molecule has 1 unspecified atom stereocenters. The smallest absolute Gasteiger partial charge is 0.255 e. The van der Waals surface area contributed by atoms with E-state index in [0.717, 1.165) is 5.56 Å². The molecule has 2 rings (SSSR count). The second-order valence-corrected chi connectivity index (χ2v) is 4.46. The number of carbonyl (C=O) groups excluding carboxylic acids is 1. The zero-order valence-electron chi connectivity index (χ0n) is 9.97. The first-order valence-electron chi connectivity index (χ1n) is 5.39. The monoisotopic (exact) mass is 232 g/mol. The second-order valence-electron chi connectivity index (χ2n) is 4.46. The maximum atomic E-state index is 12.2. The highest BCUT2D eigenvalue weighted by atomic mass is 16.2. The fourth-order valence-electron chi connectivity index (χ4n) is 2.09. The van der Waals surface area contributed by atoms with Gasteiger partial charge in [-0.05, 0) is 24.6 Å². The largest absolute Gasteiger partial charge is 0.399 e. The van der Waals surface area contributed by atoms with E-state index in [-0.39, 0.29) is 5.91 Å². The van der Waals surface area contributed by atoms with Crippen LogP contribution >= 0.6 is 0 Å². The molecule has 4 N–H and O–H groups in total. The molecule has 1 aliphatic rings. The standard InChI is InChI=1S/C12H16N4O/c1-12(8-4-3-5-9(13)6-8)11(17)16(2)7-10(14)15-12/h3-6H,7,13H2,1-2H3,(H2,14,15). The lowest BCUT2D eigenvalue weighted by Gasteiger charge is -2.34. The van der Waals surface area contributed by atoms with Crippen molar-refractivity contribution in [1.29, 1.82) is 0 Å². The summed E-state index contributed by atoms with van der Waals surface area (Å²) in [7, 11) is 1.72. The summed E-state index contributed by atoms with van der Waals surface area (Å²) in [5, 5.41) is 0. The van der Waals surface area contributed by atoms with Crippen molar-refractivity contribution in [1.82, 2.24) is 4.90 Å². The molecule has 5 heteroatoms. The van der Waals surface area contributed by atoms with E-state index in [4.69, 9.17) is 11.5 Å². The number of nitrogens with two attached hydrogens (primary N) is 2. The fraction of sp³-hybridized carbons (Fsp3) is 0.333. The van der Waals surface area contributed by atoms with Gasteiger partial charge in [-0.1, -0.05) is 12.1 Å². The third-order valence-corrected chi connectivity index (χ3v) is 2.98. The van der Waals surface area contributed by atoms with Crippen molar-refractivity contribution in [2.24, 2.45) is 10.7 Å². The number of anilines is 1. The molecule has 1 aromatic carbocycles. The lowest BCUT2D eigenvalue weighted by Crippen LogP contribution is -2.51. The molecule has 90 valence electrons. The van der Waals surface area contributed by atoms with Crippen molar-refractivity contribution >= 4 is 17.4 Å². The summed E-state index contributed by atoms with van der Waals surface area (Å²) in [5.41, 5.74) is 11.9. The third kappa shape index (κ3) is 1.84. The molecule has 0 aromatic heterocycles. The van der Waals surface area contributed by atoms with Gasteiger partial charge in [0, 0.05) is 12.7 Å². The summed E-state index contributed by atoms with van der Waals surface area (Å²) < 4.78 is 0. The Kier molecular flexibility index (Phi) is 2.53. The first-order chi connectivity index (χ1) is 7.93. The summed E-state index contributed by atoms with van der Waals surface area (Å²) in [4.78, 5) is 18.1. The molecular formula is C12H16N4O. The van der Waals surface area contributed by atoms with E-state index in [1.807, 2.05) is 12.1 Å². The SMILES string of the molecule is CN1CC(N)=NC(C)(c2cccc(N)c2)C1=O. The van der Waals surface area contributed by atoms with Gasteiger partial charge in [0.2, 0.25) is 0 Å². The summed E-state index contributed by atoms with van der Waals surface area (Å²) in [6, 6.07) is 7.18. The predicted octanol–water partition coefficient (Wildman–Crippen LogP) is 0.313. The topological polar surface area (TPSA) is 84.7 Å². The fourth-order valence-corrected chi connectivity index (χ4v) is 2.09. The molecule has 5 nitrogen and oxygen atoms in total. The summed E-state index contributed by atoms with van der Waals surface area (Å²) in [5.74, 6) is 0.384. The van der Waals surface area contributed by atoms with E-state index >= 15 is 0 Å². The summed E-state index contributed by atoms with van der Waals surface area (Å²) in [6.07, 6.45) is 0. The zero-order chi connectivity index (χ0) is 12.6. The number of amides is 1. The van der Waals surface area contributed by atoms with Gasteiger partial charge < -0.3 is 16.4 Å². The van der Waals surface area contributed by atoms with Crippen LogP contribution in [0.1, 0.15) is 12.5 Å². The van der Waals surface area contributed by atoms with Crippen LogP contribution in [-0.4, -0.2) is 30.2 Å². The summed E-state index contributed by atoms with van der Waals surface area (Å²) in [6.45, 7) is 2.13. The number of likely N-dealkylation sites (N-methyl/N-ethyl adjacent to an activating group) is 1. The summed E-state index contributed by atoms with van der Waals surface area (Å²) >= 11 is 0. The number of benzene rings is 1. The highest BCUT2D eigenvalue weighted by Gasteiger charge is 2.40. The number of hydrogen-bond donors (Lipinski definition) is 2. The lowest BCUT2D eigenvalue weighted by molar-refractivity contribution is -0.135. The van der Waals surface area contributed by atoms with Gasteiger partial charge in [-0.25, -0.2) is 4.99 Å². The number of carbonyl (C=O) groups is 1. The van der Waals surface area contributed by atoms with Gasteiger partial charge in [0.05, 0.1) is 6.54 Å². The molecule has 1 amide bonds. The predicted molar refractivity (Wildman–Crippen MR) is 67.5 cm³/mol. The number of nitrogens with zero attached hydrogens (tertiary/aromatic N) is 2. The van der Waals surface area contributed by atoms with Crippen LogP contribution in [0.3, 0.4) is 0 Å². The van der Waals surface area contributed by atoms with E-state index in [2.05, 4.69) is 4.99 Å². The molecule has 0 saturated heterocycles. The number of amidine groups is 1. The van der Waals surface area contributed by atoms with Crippen LogP contribution < -0.4 is 11.5 Å². The number of rotatable bonds is 1.